The van der Waals surface area contributed by atoms with Gasteiger partial charge in [-0.2, -0.15) is 0 Å². The molecule has 0 saturated carbocycles. The van der Waals surface area contributed by atoms with Gasteiger partial charge in [-0.25, -0.2) is 13.8 Å². The maximum atomic E-state index is 14.5. The van der Waals surface area contributed by atoms with Crippen LogP contribution >= 0.6 is 11.8 Å². The van der Waals surface area contributed by atoms with Crippen LogP contribution in [-0.2, 0) is 15.0 Å². The zero-order valence-corrected chi connectivity index (χ0v) is 13.9. The largest absolute Gasteiger partial charge is 0.382 e. The van der Waals surface area contributed by atoms with Crippen LogP contribution in [0.15, 0.2) is 23.2 Å². The van der Waals surface area contributed by atoms with Crippen LogP contribution in [-0.4, -0.2) is 36.8 Å². The Balaban J connectivity index is 2.06. The number of methoxy groups -OCH3 is 1. The van der Waals surface area contributed by atoms with Crippen molar-refractivity contribution in [3.05, 3.63) is 35.4 Å². The summed E-state index contributed by atoms with van der Waals surface area (Å²) in [6.07, 6.45) is 0.634. The number of fused-ring (bicyclic) bond motifs is 1. The molecule has 126 valence electrons. The quantitative estimate of drug-likeness (QED) is 0.917. The summed E-state index contributed by atoms with van der Waals surface area (Å²) >= 11 is 1.48. The Bertz CT molecular complexity index is 628. The van der Waals surface area contributed by atoms with Crippen molar-refractivity contribution < 1.29 is 18.3 Å². The van der Waals surface area contributed by atoms with E-state index in [1.807, 2.05) is 0 Å². The molecule has 2 aliphatic rings. The molecule has 4 nitrogen and oxygen atoms in total. The fourth-order valence-corrected chi connectivity index (χ4v) is 4.67. The van der Waals surface area contributed by atoms with E-state index < -0.39 is 17.2 Å². The standard InChI is InChI=1S/C16H20F2N2O2S/c1-9-13-6-11(7-21-2)22-8-16(13,20-15(19)23-9)12-4-3-10(17)5-14(12)18/h3-5,9,11,13H,6-8H2,1-2H3,(H2,19,20)/t9-,11-,13+,16-/m1/s1. The Hall–Kier alpha value is -1.18. The molecule has 0 bridgehead atoms. The number of hydrogen-bond donors (Lipinski definition) is 1. The fourth-order valence-electron chi connectivity index (χ4n) is 3.57. The summed E-state index contributed by atoms with van der Waals surface area (Å²) in [6, 6.07) is 3.60. The van der Waals surface area contributed by atoms with Gasteiger partial charge in [-0.3, -0.25) is 0 Å². The van der Waals surface area contributed by atoms with E-state index >= 15 is 0 Å². The molecule has 0 aromatic heterocycles. The van der Waals surface area contributed by atoms with E-state index in [-0.39, 0.29) is 23.9 Å². The molecule has 2 aliphatic heterocycles. The molecule has 0 unspecified atom stereocenters. The smallest absolute Gasteiger partial charge is 0.155 e. The molecule has 0 radical (unpaired) electrons. The Morgan fingerprint density at radius 1 is 1.48 bits per heavy atom. The van der Waals surface area contributed by atoms with Crippen molar-refractivity contribution >= 4 is 16.9 Å². The average Bonchev–Trinajstić information content (AvgIpc) is 2.48. The molecule has 23 heavy (non-hydrogen) atoms. The Labute approximate surface area is 138 Å². The zero-order chi connectivity index (χ0) is 16.6. The van der Waals surface area contributed by atoms with Gasteiger partial charge in [0.2, 0.25) is 0 Å². The first-order chi connectivity index (χ1) is 11.0. The second-order valence-electron chi connectivity index (χ2n) is 6.05. The number of ether oxygens (including phenoxy) is 2. The highest BCUT2D eigenvalue weighted by Gasteiger charge is 2.52. The van der Waals surface area contributed by atoms with Crippen molar-refractivity contribution in [3.63, 3.8) is 0 Å². The second-order valence-corrected chi connectivity index (χ2v) is 7.45. The van der Waals surface area contributed by atoms with E-state index in [0.29, 0.717) is 23.8 Å². The maximum absolute atomic E-state index is 14.5. The fraction of sp³-hybridized carbons (Fsp3) is 0.562. The van der Waals surface area contributed by atoms with Crippen LogP contribution < -0.4 is 5.73 Å². The molecule has 1 aromatic rings. The molecule has 0 amide bonds. The number of nitrogens with zero attached hydrogens (tertiary/aromatic N) is 1. The molecular formula is C16H20F2N2O2S. The van der Waals surface area contributed by atoms with Crippen LogP contribution in [0.5, 0.6) is 0 Å². The molecule has 2 heterocycles. The second kappa shape index (κ2) is 6.37. The Kier molecular flexibility index (Phi) is 4.62. The molecule has 4 atom stereocenters. The van der Waals surface area contributed by atoms with Crippen LogP contribution in [0.1, 0.15) is 18.9 Å². The molecular weight excluding hydrogens is 322 g/mol. The van der Waals surface area contributed by atoms with Crippen molar-refractivity contribution in [2.45, 2.75) is 30.2 Å². The average molecular weight is 342 g/mol. The van der Waals surface area contributed by atoms with Gasteiger partial charge in [-0.15, -0.1) is 0 Å². The minimum absolute atomic E-state index is 0.0358. The van der Waals surface area contributed by atoms with Gasteiger partial charge in [0.05, 0.1) is 19.3 Å². The van der Waals surface area contributed by atoms with E-state index in [1.54, 1.807) is 7.11 Å². The summed E-state index contributed by atoms with van der Waals surface area (Å²) in [7, 11) is 1.63. The molecule has 3 rings (SSSR count). The van der Waals surface area contributed by atoms with Crippen LogP contribution in [0.4, 0.5) is 8.78 Å². The summed E-state index contributed by atoms with van der Waals surface area (Å²) in [6.45, 7) is 2.75. The number of rotatable bonds is 3. The predicted octanol–water partition coefficient (Wildman–Crippen LogP) is 2.66. The normalized spacial score (nSPS) is 33.9. The third-order valence-corrected chi connectivity index (χ3v) is 5.64. The summed E-state index contributed by atoms with van der Waals surface area (Å²) in [4.78, 5) is 4.57. The van der Waals surface area contributed by atoms with E-state index in [4.69, 9.17) is 15.2 Å². The van der Waals surface area contributed by atoms with Gasteiger partial charge in [0.15, 0.2) is 5.17 Å². The van der Waals surface area contributed by atoms with Crippen molar-refractivity contribution in [2.24, 2.45) is 16.6 Å². The minimum atomic E-state index is -0.906. The van der Waals surface area contributed by atoms with Crippen molar-refractivity contribution in [2.75, 3.05) is 20.3 Å². The third kappa shape index (κ3) is 2.97. The van der Waals surface area contributed by atoms with Crippen molar-refractivity contribution in [1.29, 1.82) is 0 Å². The van der Waals surface area contributed by atoms with Gasteiger partial charge in [-0.1, -0.05) is 24.8 Å². The molecule has 1 fully saturated rings. The lowest BCUT2D eigenvalue weighted by Gasteiger charge is -2.48. The van der Waals surface area contributed by atoms with Gasteiger partial charge in [0.25, 0.3) is 0 Å². The number of hydrogen-bond acceptors (Lipinski definition) is 5. The maximum Gasteiger partial charge on any atom is 0.155 e. The zero-order valence-electron chi connectivity index (χ0n) is 13.1. The highest BCUT2D eigenvalue weighted by Crippen LogP contribution is 2.49. The van der Waals surface area contributed by atoms with E-state index in [9.17, 15) is 8.78 Å². The van der Waals surface area contributed by atoms with Gasteiger partial charge < -0.3 is 15.2 Å². The van der Waals surface area contributed by atoms with E-state index in [1.165, 1.54) is 23.9 Å². The van der Waals surface area contributed by atoms with Crippen LogP contribution in [0.2, 0.25) is 0 Å². The lowest BCUT2D eigenvalue weighted by molar-refractivity contribution is -0.0881. The van der Waals surface area contributed by atoms with Crippen LogP contribution in [0.25, 0.3) is 0 Å². The summed E-state index contributed by atoms with van der Waals surface area (Å²) in [5.41, 5.74) is 5.40. The van der Waals surface area contributed by atoms with Gasteiger partial charge in [0, 0.05) is 29.9 Å². The third-order valence-electron chi connectivity index (χ3n) is 4.60. The van der Waals surface area contributed by atoms with Crippen molar-refractivity contribution in [3.8, 4) is 0 Å². The number of amidine groups is 1. The van der Waals surface area contributed by atoms with E-state index in [0.717, 1.165) is 6.07 Å². The minimum Gasteiger partial charge on any atom is -0.382 e. The molecule has 1 aromatic carbocycles. The van der Waals surface area contributed by atoms with Gasteiger partial charge >= 0.3 is 0 Å². The summed E-state index contributed by atoms with van der Waals surface area (Å²) < 4.78 is 38.8. The SMILES string of the molecule is COC[C@H]1C[C@H]2[C@@H](C)SC(N)=N[C@@]2(c2ccc(F)cc2F)CO1. The predicted molar refractivity (Wildman–Crippen MR) is 86.4 cm³/mol. The van der Waals surface area contributed by atoms with Crippen LogP contribution in [0, 0.1) is 17.6 Å². The van der Waals surface area contributed by atoms with Crippen LogP contribution in [0.3, 0.4) is 0 Å². The molecule has 0 spiro atoms. The molecule has 2 N–H and O–H groups in total. The number of halogens is 2. The monoisotopic (exact) mass is 342 g/mol. The van der Waals surface area contributed by atoms with E-state index in [2.05, 4.69) is 11.9 Å². The number of thioether (sulfide) groups is 1. The Morgan fingerprint density at radius 3 is 2.96 bits per heavy atom. The summed E-state index contributed by atoms with van der Waals surface area (Å²) in [5, 5.41) is 0.562. The topological polar surface area (TPSA) is 56.8 Å². The lowest BCUT2D eigenvalue weighted by Crippen LogP contribution is -2.53. The van der Waals surface area contributed by atoms with Gasteiger partial charge in [-0.05, 0) is 12.5 Å². The summed E-state index contributed by atoms with van der Waals surface area (Å²) in [5.74, 6) is -1.18. The first-order valence-corrected chi connectivity index (χ1v) is 8.42. The highest BCUT2D eigenvalue weighted by molar-refractivity contribution is 8.14. The lowest BCUT2D eigenvalue weighted by atomic mass is 9.72. The van der Waals surface area contributed by atoms with Gasteiger partial charge in [0.1, 0.15) is 17.2 Å². The first-order valence-electron chi connectivity index (χ1n) is 7.54. The number of aliphatic imine (C=N–C) groups is 1. The highest BCUT2D eigenvalue weighted by atomic mass is 32.2. The molecule has 0 aliphatic carbocycles. The number of nitrogens with two attached hydrogens (primary N) is 1. The number of benzene rings is 1. The molecule has 7 heteroatoms. The first kappa shape index (κ1) is 16.7. The molecule has 1 saturated heterocycles. The Morgan fingerprint density at radius 2 is 2.26 bits per heavy atom. The van der Waals surface area contributed by atoms with Crippen molar-refractivity contribution in [1.82, 2.24) is 0 Å².